The van der Waals surface area contributed by atoms with Gasteiger partial charge in [-0.1, -0.05) is 4.49 Å². The van der Waals surface area contributed by atoms with Crippen LogP contribution in [0.2, 0.25) is 0 Å². The van der Waals surface area contributed by atoms with Gasteiger partial charge in [-0.15, -0.1) is 5.10 Å². The van der Waals surface area contributed by atoms with Gasteiger partial charge in [0.25, 0.3) is 5.91 Å². The molecule has 100 valence electrons. The highest BCUT2D eigenvalue weighted by atomic mass is 32.1. The monoisotopic (exact) mass is 268 g/mol. The third-order valence-electron chi connectivity index (χ3n) is 3.37. The van der Waals surface area contributed by atoms with Gasteiger partial charge in [-0.05, 0) is 45.1 Å². The van der Waals surface area contributed by atoms with Crippen LogP contribution in [0.15, 0.2) is 5.38 Å². The topological polar surface area (TPSA) is 58.1 Å². The normalized spacial score (nSPS) is 18.8. The van der Waals surface area contributed by atoms with Gasteiger partial charge >= 0.3 is 0 Å². The fourth-order valence-corrected chi connectivity index (χ4v) is 2.65. The van der Waals surface area contributed by atoms with Crippen molar-refractivity contribution in [3.05, 3.63) is 11.1 Å². The Bertz CT molecular complexity index is 391. The van der Waals surface area contributed by atoms with Crippen molar-refractivity contribution < 1.29 is 4.79 Å². The second-order valence-corrected chi connectivity index (χ2v) is 6.31. The summed E-state index contributed by atoms with van der Waals surface area (Å²) in [4.78, 5) is 14.3. The van der Waals surface area contributed by atoms with E-state index in [0.717, 1.165) is 25.9 Å². The first-order chi connectivity index (χ1) is 8.47. The number of carbonyl (C=O) groups is 1. The minimum Gasteiger partial charge on any atom is -0.348 e. The SMILES string of the molecule is CC(C)(C)N1CCC(NC(=O)c2csnn2)CC1. The molecule has 1 aliphatic rings. The fraction of sp³-hybridized carbons (Fsp3) is 0.750. The van der Waals surface area contributed by atoms with Crippen LogP contribution >= 0.6 is 11.5 Å². The Hall–Kier alpha value is -1.01. The van der Waals surface area contributed by atoms with Gasteiger partial charge in [-0.25, -0.2) is 0 Å². The number of likely N-dealkylation sites (tertiary alicyclic amines) is 1. The summed E-state index contributed by atoms with van der Waals surface area (Å²) in [5.74, 6) is -0.0991. The largest absolute Gasteiger partial charge is 0.348 e. The third kappa shape index (κ3) is 3.26. The lowest BCUT2D eigenvalue weighted by Crippen LogP contribution is -2.50. The molecular formula is C12H20N4OS. The highest BCUT2D eigenvalue weighted by Crippen LogP contribution is 2.20. The van der Waals surface area contributed by atoms with Crippen molar-refractivity contribution in [1.29, 1.82) is 0 Å². The molecule has 0 radical (unpaired) electrons. The molecular weight excluding hydrogens is 248 g/mol. The molecule has 1 amide bonds. The molecule has 2 heterocycles. The smallest absolute Gasteiger partial charge is 0.272 e. The number of nitrogens with one attached hydrogen (secondary N) is 1. The van der Waals surface area contributed by atoms with E-state index in [1.807, 2.05) is 0 Å². The maximum atomic E-state index is 11.8. The molecule has 1 aliphatic heterocycles. The molecule has 1 N–H and O–H groups in total. The summed E-state index contributed by atoms with van der Waals surface area (Å²) in [6, 6.07) is 0.262. The Morgan fingerprint density at radius 1 is 1.44 bits per heavy atom. The minimum atomic E-state index is -0.0991. The Morgan fingerprint density at radius 3 is 2.61 bits per heavy atom. The van der Waals surface area contributed by atoms with Gasteiger partial charge in [0.1, 0.15) is 0 Å². The summed E-state index contributed by atoms with van der Waals surface area (Å²) in [5.41, 5.74) is 0.645. The van der Waals surface area contributed by atoms with Crippen molar-refractivity contribution in [1.82, 2.24) is 19.8 Å². The highest BCUT2D eigenvalue weighted by Gasteiger charge is 2.27. The number of piperidine rings is 1. The molecule has 0 aromatic carbocycles. The van der Waals surface area contributed by atoms with Gasteiger partial charge in [-0.3, -0.25) is 9.69 Å². The van der Waals surface area contributed by atoms with Crippen LogP contribution in [0, 0.1) is 0 Å². The Labute approximate surface area is 112 Å². The summed E-state index contributed by atoms with van der Waals surface area (Å²) in [6.45, 7) is 8.75. The standard InChI is InChI=1S/C12H20N4OS/c1-12(2,3)16-6-4-9(5-7-16)13-11(17)10-8-18-15-14-10/h8-9H,4-7H2,1-3H3,(H,13,17). The number of amides is 1. The predicted octanol–water partition coefficient (Wildman–Crippen LogP) is 1.53. The first-order valence-corrected chi connectivity index (χ1v) is 7.13. The van der Waals surface area contributed by atoms with Gasteiger partial charge in [0, 0.05) is 30.1 Å². The highest BCUT2D eigenvalue weighted by molar-refractivity contribution is 7.03. The van der Waals surface area contributed by atoms with Crippen LogP contribution in [-0.2, 0) is 0 Å². The van der Waals surface area contributed by atoms with E-state index in [1.54, 1.807) is 5.38 Å². The maximum Gasteiger partial charge on any atom is 0.272 e. The van der Waals surface area contributed by atoms with E-state index in [-0.39, 0.29) is 17.5 Å². The van der Waals surface area contributed by atoms with E-state index in [4.69, 9.17) is 0 Å². The average Bonchev–Trinajstić information content (AvgIpc) is 2.82. The lowest BCUT2D eigenvalue weighted by molar-refractivity contribution is 0.0809. The van der Waals surface area contributed by atoms with E-state index in [9.17, 15) is 4.79 Å². The Morgan fingerprint density at radius 2 is 2.11 bits per heavy atom. The van der Waals surface area contributed by atoms with Crippen LogP contribution in [0.4, 0.5) is 0 Å². The molecule has 6 heteroatoms. The van der Waals surface area contributed by atoms with Crippen LogP contribution in [-0.4, -0.2) is 45.1 Å². The van der Waals surface area contributed by atoms with Gasteiger partial charge < -0.3 is 5.32 Å². The number of aromatic nitrogens is 2. The van der Waals surface area contributed by atoms with Crippen molar-refractivity contribution in [3.63, 3.8) is 0 Å². The Balaban J connectivity index is 1.82. The van der Waals surface area contributed by atoms with E-state index >= 15 is 0 Å². The maximum absolute atomic E-state index is 11.8. The van der Waals surface area contributed by atoms with Crippen molar-refractivity contribution in [2.24, 2.45) is 0 Å². The zero-order valence-corrected chi connectivity index (χ0v) is 12.0. The molecule has 0 aliphatic carbocycles. The van der Waals surface area contributed by atoms with Gasteiger partial charge in [0.2, 0.25) is 0 Å². The molecule has 0 bridgehead atoms. The molecule has 1 aromatic rings. The van der Waals surface area contributed by atoms with Crippen LogP contribution in [0.5, 0.6) is 0 Å². The number of hydrogen-bond donors (Lipinski definition) is 1. The number of rotatable bonds is 2. The summed E-state index contributed by atoms with van der Waals surface area (Å²) >= 11 is 1.20. The summed E-state index contributed by atoms with van der Waals surface area (Å²) in [5, 5.41) is 8.49. The van der Waals surface area contributed by atoms with Crippen LogP contribution in [0.1, 0.15) is 44.1 Å². The van der Waals surface area contributed by atoms with Crippen molar-refractivity contribution >= 4 is 17.4 Å². The first kappa shape index (κ1) is 13.4. The lowest BCUT2D eigenvalue weighted by Gasteiger charge is -2.40. The summed E-state index contributed by atoms with van der Waals surface area (Å²) < 4.78 is 3.70. The second-order valence-electron chi connectivity index (χ2n) is 5.70. The molecule has 0 unspecified atom stereocenters. The molecule has 0 saturated carbocycles. The van der Waals surface area contributed by atoms with E-state index in [0.29, 0.717) is 5.69 Å². The first-order valence-electron chi connectivity index (χ1n) is 6.30. The predicted molar refractivity (Wildman–Crippen MR) is 71.7 cm³/mol. The van der Waals surface area contributed by atoms with Crippen molar-refractivity contribution in [2.45, 2.75) is 45.2 Å². The van der Waals surface area contributed by atoms with Crippen LogP contribution in [0.3, 0.4) is 0 Å². The average molecular weight is 268 g/mol. The van der Waals surface area contributed by atoms with Crippen molar-refractivity contribution in [3.8, 4) is 0 Å². The van der Waals surface area contributed by atoms with Crippen molar-refractivity contribution in [2.75, 3.05) is 13.1 Å². The molecule has 5 nitrogen and oxygen atoms in total. The molecule has 1 fully saturated rings. The van der Waals surface area contributed by atoms with Crippen LogP contribution < -0.4 is 5.32 Å². The van der Waals surface area contributed by atoms with E-state index in [1.165, 1.54) is 11.5 Å². The van der Waals surface area contributed by atoms with Crippen LogP contribution in [0.25, 0.3) is 0 Å². The van der Waals surface area contributed by atoms with Gasteiger partial charge in [0.15, 0.2) is 5.69 Å². The zero-order chi connectivity index (χ0) is 13.2. The minimum absolute atomic E-state index is 0.0991. The molecule has 18 heavy (non-hydrogen) atoms. The van der Waals surface area contributed by atoms with E-state index in [2.05, 4.69) is 40.6 Å². The third-order valence-corrected chi connectivity index (χ3v) is 3.88. The Kier molecular flexibility index (Phi) is 3.97. The molecule has 1 saturated heterocycles. The van der Waals surface area contributed by atoms with Gasteiger partial charge in [0.05, 0.1) is 0 Å². The number of hydrogen-bond acceptors (Lipinski definition) is 5. The molecule has 0 atom stereocenters. The molecule has 2 rings (SSSR count). The quantitative estimate of drug-likeness (QED) is 0.884. The molecule has 1 aromatic heterocycles. The van der Waals surface area contributed by atoms with E-state index < -0.39 is 0 Å². The fourth-order valence-electron chi connectivity index (χ4n) is 2.22. The summed E-state index contributed by atoms with van der Waals surface area (Å²) in [7, 11) is 0. The van der Waals surface area contributed by atoms with Gasteiger partial charge in [-0.2, -0.15) is 0 Å². The zero-order valence-electron chi connectivity index (χ0n) is 11.1. The summed E-state index contributed by atoms with van der Waals surface area (Å²) in [6.07, 6.45) is 2.00. The molecule has 0 spiro atoms. The number of nitrogens with zero attached hydrogens (tertiary/aromatic N) is 3. The number of carbonyl (C=O) groups excluding carboxylic acids is 1. The lowest BCUT2D eigenvalue weighted by atomic mass is 9.98. The second kappa shape index (κ2) is 5.32.